The number of thiazole rings is 1. The van der Waals surface area contributed by atoms with Gasteiger partial charge in [0.05, 0.1) is 17.7 Å². The van der Waals surface area contributed by atoms with Crippen LogP contribution in [-0.4, -0.2) is 46.9 Å². The molecular weight excluding hydrogens is 266 g/mol. The normalized spacial score (nSPS) is 19.8. The zero-order valence-corrected chi connectivity index (χ0v) is 12.4. The fourth-order valence-electron chi connectivity index (χ4n) is 1.90. The van der Waals surface area contributed by atoms with Gasteiger partial charge in [0.25, 0.3) is 0 Å². The van der Waals surface area contributed by atoms with Crippen molar-refractivity contribution in [2.45, 2.75) is 25.9 Å². The summed E-state index contributed by atoms with van der Waals surface area (Å²) in [7, 11) is 1.87. The van der Waals surface area contributed by atoms with Gasteiger partial charge in [-0.1, -0.05) is 0 Å². The predicted octanol–water partition coefficient (Wildman–Crippen LogP) is 1.51. The van der Waals surface area contributed by atoms with Gasteiger partial charge in [0.1, 0.15) is 0 Å². The Kier molecular flexibility index (Phi) is 5.03. The van der Waals surface area contributed by atoms with E-state index in [0.717, 1.165) is 23.7 Å². The van der Waals surface area contributed by atoms with Gasteiger partial charge in [-0.3, -0.25) is 4.79 Å². The third-order valence-electron chi connectivity index (χ3n) is 3.07. The highest BCUT2D eigenvalue weighted by molar-refractivity contribution is 7.99. The van der Waals surface area contributed by atoms with Crippen molar-refractivity contribution in [3.05, 3.63) is 16.1 Å². The lowest BCUT2D eigenvalue weighted by Crippen LogP contribution is -2.41. The number of nitrogens with zero attached hydrogens (tertiary/aromatic N) is 2. The van der Waals surface area contributed by atoms with Gasteiger partial charge in [0.2, 0.25) is 5.91 Å². The van der Waals surface area contributed by atoms with Gasteiger partial charge in [-0.15, -0.1) is 11.3 Å². The first-order chi connectivity index (χ1) is 8.66. The zero-order valence-electron chi connectivity index (χ0n) is 10.8. The largest absolute Gasteiger partial charge is 0.340 e. The van der Waals surface area contributed by atoms with Crippen LogP contribution in [0.1, 0.15) is 17.0 Å². The van der Waals surface area contributed by atoms with Gasteiger partial charge in [-0.25, -0.2) is 4.98 Å². The second kappa shape index (κ2) is 6.54. The molecule has 4 nitrogen and oxygen atoms in total. The summed E-state index contributed by atoms with van der Waals surface area (Å²) in [4.78, 5) is 19.3. The zero-order chi connectivity index (χ0) is 13.0. The maximum atomic E-state index is 12.1. The van der Waals surface area contributed by atoms with E-state index in [1.807, 2.05) is 36.1 Å². The third-order valence-corrected chi connectivity index (χ3v) is 5.12. The monoisotopic (exact) mass is 285 g/mol. The van der Waals surface area contributed by atoms with Crippen LogP contribution in [0.2, 0.25) is 0 Å². The fraction of sp³-hybridized carbons (Fsp3) is 0.667. The molecule has 1 fully saturated rings. The molecule has 100 valence electrons. The summed E-state index contributed by atoms with van der Waals surface area (Å²) < 4.78 is 0. The minimum absolute atomic E-state index is 0.211. The summed E-state index contributed by atoms with van der Waals surface area (Å²) in [6.07, 6.45) is 0.599. The standard InChI is InChI=1S/C12H19N3OS2/c1-9-11(18-8-14-9)6-15(2)12(16)5-10-7-17-4-3-13-10/h8,10,13H,3-7H2,1-2H3. The van der Waals surface area contributed by atoms with Crippen LogP contribution >= 0.6 is 23.1 Å². The first-order valence-corrected chi connectivity index (χ1v) is 8.14. The topological polar surface area (TPSA) is 45.2 Å². The molecule has 1 aromatic heterocycles. The number of carbonyl (C=O) groups excluding carboxylic acids is 1. The SMILES string of the molecule is Cc1ncsc1CN(C)C(=O)CC1CSCCN1. The van der Waals surface area contributed by atoms with Crippen molar-refractivity contribution >= 4 is 29.0 Å². The van der Waals surface area contributed by atoms with Crippen molar-refractivity contribution < 1.29 is 4.79 Å². The molecule has 1 amide bonds. The minimum atomic E-state index is 0.211. The third kappa shape index (κ3) is 3.70. The van der Waals surface area contributed by atoms with Crippen molar-refractivity contribution in [1.82, 2.24) is 15.2 Å². The number of amides is 1. The Labute approximate surface area is 116 Å². The Morgan fingerprint density at radius 3 is 3.11 bits per heavy atom. The molecule has 2 heterocycles. The number of rotatable bonds is 4. The first kappa shape index (κ1) is 13.8. The number of hydrogen-bond donors (Lipinski definition) is 1. The molecule has 1 aliphatic rings. The summed E-state index contributed by atoms with van der Waals surface area (Å²) in [5.41, 5.74) is 2.87. The molecule has 1 atom stereocenters. The molecule has 18 heavy (non-hydrogen) atoms. The first-order valence-electron chi connectivity index (χ1n) is 6.11. The number of aromatic nitrogens is 1. The number of nitrogens with one attached hydrogen (secondary N) is 1. The van der Waals surface area contributed by atoms with Gasteiger partial charge in [0, 0.05) is 42.4 Å². The van der Waals surface area contributed by atoms with E-state index in [-0.39, 0.29) is 5.91 Å². The van der Waals surface area contributed by atoms with E-state index in [1.165, 1.54) is 4.88 Å². The lowest BCUT2D eigenvalue weighted by atomic mass is 10.2. The molecule has 6 heteroatoms. The van der Waals surface area contributed by atoms with Gasteiger partial charge in [-0.05, 0) is 6.92 Å². The second-order valence-corrected chi connectivity index (χ2v) is 6.63. The van der Waals surface area contributed by atoms with Gasteiger partial charge < -0.3 is 10.2 Å². The lowest BCUT2D eigenvalue weighted by Gasteiger charge is -2.25. The highest BCUT2D eigenvalue weighted by Gasteiger charge is 2.19. The fourth-order valence-corrected chi connectivity index (χ4v) is 3.68. The molecular formula is C12H19N3OS2. The Morgan fingerprint density at radius 2 is 2.50 bits per heavy atom. The summed E-state index contributed by atoms with van der Waals surface area (Å²) >= 11 is 3.54. The second-order valence-electron chi connectivity index (χ2n) is 4.54. The molecule has 0 aliphatic carbocycles. The van der Waals surface area contributed by atoms with Crippen molar-refractivity contribution in [2.24, 2.45) is 0 Å². The van der Waals surface area contributed by atoms with Crippen LogP contribution in [0.3, 0.4) is 0 Å². The van der Waals surface area contributed by atoms with Crippen LogP contribution in [-0.2, 0) is 11.3 Å². The Balaban J connectivity index is 1.83. The molecule has 0 bridgehead atoms. The van der Waals surface area contributed by atoms with Gasteiger partial charge >= 0.3 is 0 Å². The maximum Gasteiger partial charge on any atom is 0.224 e. The molecule has 1 aliphatic heterocycles. The van der Waals surface area contributed by atoms with Crippen molar-refractivity contribution in [3.63, 3.8) is 0 Å². The van der Waals surface area contributed by atoms with E-state index >= 15 is 0 Å². The molecule has 0 saturated carbocycles. The van der Waals surface area contributed by atoms with Crippen LogP contribution < -0.4 is 5.32 Å². The van der Waals surface area contributed by atoms with E-state index < -0.39 is 0 Å². The van der Waals surface area contributed by atoms with E-state index in [0.29, 0.717) is 19.0 Å². The molecule has 1 unspecified atom stereocenters. The van der Waals surface area contributed by atoms with Gasteiger partial charge in [0.15, 0.2) is 0 Å². The molecule has 0 spiro atoms. The maximum absolute atomic E-state index is 12.1. The number of aryl methyl sites for hydroxylation is 1. The molecule has 1 aromatic rings. The lowest BCUT2D eigenvalue weighted by molar-refractivity contribution is -0.130. The van der Waals surface area contributed by atoms with Crippen molar-refractivity contribution in [1.29, 1.82) is 0 Å². The Morgan fingerprint density at radius 1 is 1.67 bits per heavy atom. The summed E-state index contributed by atoms with van der Waals surface area (Å²) in [6, 6.07) is 0.334. The summed E-state index contributed by atoms with van der Waals surface area (Å²) in [6.45, 7) is 3.68. The van der Waals surface area contributed by atoms with Crippen LogP contribution in [0, 0.1) is 6.92 Å². The average Bonchev–Trinajstić information content (AvgIpc) is 2.76. The highest BCUT2D eigenvalue weighted by Crippen LogP contribution is 2.16. The number of hydrogen-bond acceptors (Lipinski definition) is 5. The molecule has 1 saturated heterocycles. The van der Waals surface area contributed by atoms with E-state index in [4.69, 9.17) is 0 Å². The van der Waals surface area contributed by atoms with Gasteiger partial charge in [-0.2, -0.15) is 11.8 Å². The molecule has 0 aromatic carbocycles. The molecule has 2 rings (SSSR count). The number of carbonyl (C=O) groups is 1. The van der Waals surface area contributed by atoms with Crippen LogP contribution in [0.5, 0.6) is 0 Å². The van der Waals surface area contributed by atoms with Crippen LogP contribution in [0.25, 0.3) is 0 Å². The van der Waals surface area contributed by atoms with E-state index in [1.54, 1.807) is 11.3 Å². The average molecular weight is 285 g/mol. The quantitative estimate of drug-likeness (QED) is 0.911. The predicted molar refractivity (Wildman–Crippen MR) is 77.1 cm³/mol. The minimum Gasteiger partial charge on any atom is -0.340 e. The van der Waals surface area contributed by atoms with Crippen LogP contribution in [0.4, 0.5) is 0 Å². The molecule has 1 N–H and O–H groups in total. The van der Waals surface area contributed by atoms with E-state index in [2.05, 4.69) is 10.3 Å². The number of thioether (sulfide) groups is 1. The van der Waals surface area contributed by atoms with Crippen molar-refractivity contribution in [2.75, 3.05) is 25.1 Å². The highest BCUT2D eigenvalue weighted by atomic mass is 32.2. The Bertz CT molecular complexity index is 402. The smallest absolute Gasteiger partial charge is 0.224 e. The Hall–Kier alpha value is -0.590. The van der Waals surface area contributed by atoms with Crippen molar-refractivity contribution in [3.8, 4) is 0 Å². The molecule has 0 radical (unpaired) electrons. The summed E-state index contributed by atoms with van der Waals surface area (Å²) in [5, 5.41) is 3.40. The van der Waals surface area contributed by atoms with E-state index in [9.17, 15) is 4.79 Å². The summed E-state index contributed by atoms with van der Waals surface area (Å²) in [5.74, 6) is 2.41. The van der Waals surface area contributed by atoms with Crippen LogP contribution in [0.15, 0.2) is 5.51 Å².